The van der Waals surface area contributed by atoms with Gasteiger partial charge in [-0.2, -0.15) is 0 Å². The number of hydrogen-bond donors (Lipinski definition) is 2. The zero-order valence-electron chi connectivity index (χ0n) is 11.8. The van der Waals surface area contributed by atoms with Crippen molar-refractivity contribution in [1.29, 1.82) is 0 Å². The van der Waals surface area contributed by atoms with Crippen LogP contribution < -0.4 is 5.32 Å². The Morgan fingerprint density at radius 1 is 1.32 bits per heavy atom. The predicted molar refractivity (Wildman–Crippen MR) is 77.7 cm³/mol. The van der Waals surface area contributed by atoms with Crippen LogP contribution in [0.2, 0.25) is 0 Å². The van der Waals surface area contributed by atoms with E-state index < -0.39 is 12.0 Å². The topological polar surface area (TPSA) is 97.1 Å². The molecule has 1 aliphatic carbocycles. The number of carboxylic acids is 1. The van der Waals surface area contributed by atoms with Gasteiger partial charge in [0.2, 0.25) is 5.91 Å². The molecule has 0 bridgehead atoms. The van der Waals surface area contributed by atoms with E-state index in [4.69, 9.17) is 5.11 Å². The Kier molecular flexibility index (Phi) is 3.86. The minimum Gasteiger partial charge on any atom is -0.480 e. The van der Waals surface area contributed by atoms with Crippen molar-refractivity contribution in [3.05, 3.63) is 36.5 Å². The van der Waals surface area contributed by atoms with Gasteiger partial charge in [-0.25, -0.2) is 9.48 Å². The van der Waals surface area contributed by atoms with Gasteiger partial charge >= 0.3 is 5.97 Å². The molecule has 2 N–H and O–H groups in total. The van der Waals surface area contributed by atoms with E-state index in [1.54, 1.807) is 6.20 Å². The first-order chi connectivity index (χ1) is 10.6. The normalized spacial score (nSPS) is 15.3. The number of carbonyl (C=O) groups is 2. The molecule has 1 aliphatic rings. The summed E-state index contributed by atoms with van der Waals surface area (Å²) in [4.78, 5) is 23.1. The van der Waals surface area contributed by atoms with Gasteiger partial charge in [0.25, 0.3) is 0 Å². The molecule has 0 spiro atoms. The molecule has 0 saturated heterocycles. The molecule has 1 heterocycles. The summed E-state index contributed by atoms with van der Waals surface area (Å²) in [6, 6.07) is 8.71. The van der Waals surface area contributed by atoms with Crippen LogP contribution in [0, 0.1) is 5.92 Å². The molecule has 0 radical (unpaired) electrons. The van der Waals surface area contributed by atoms with Crippen LogP contribution in [0.5, 0.6) is 0 Å². The Balaban J connectivity index is 1.62. The molecule has 1 fully saturated rings. The van der Waals surface area contributed by atoms with Gasteiger partial charge in [-0.05, 0) is 18.8 Å². The van der Waals surface area contributed by atoms with Crippen LogP contribution in [-0.4, -0.2) is 38.0 Å². The van der Waals surface area contributed by atoms with E-state index in [2.05, 4.69) is 15.6 Å². The quantitative estimate of drug-likeness (QED) is 0.827. The summed E-state index contributed by atoms with van der Waals surface area (Å²) in [6.45, 7) is -0.0453. The fraction of sp³-hybridized carbons (Fsp3) is 0.333. The van der Waals surface area contributed by atoms with Crippen molar-refractivity contribution >= 4 is 11.9 Å². The van der Waals surface area contributed by atoms with E-state index in [0.29, 0.717) is 5.69 Å². The maximum atomic E-state index is 11.9. The van der Waals surface area contributed by atoms with Crippen LogP contribution in [-0.2, 0) is 16.1 Å². The third-order valence-corrected chi connectivity index (χ3v) is 3.59. The second kappa shape index (κ2) is 5.97. The fourth-order valence-corrected chi connectivity index (χ4v) is 2.29. The fourth-order valence-electron chi connectivity index (χ4n) is 2.29. The van der Waals surface area contributed by atoms with Gasteiger partial charge in [-0.3, -0.25) is 4.79 Å². The molecule has 1 atom stereocenters. The maximum Gasteiger partial charge on any atom is 0.326 e. The standard InChI is InChI=1S/C15H16N4O3/c20-13(16-14(15(21)22)11-6-7-11)9-19-8-12(17-18-19)10-4-2-1-3-5-10/h1-5,8,11,14H,6-7,9H2,(H,16,20)(H,21,22). The molecule has 1 unspecified atom stereocenters. The van der Waals surface area contributed by atoms with Gasteiger partial charge in [0.15, 0.2) is 0 Å². The Bertz CT molecular complexity index is 679. The molecule has 1 saturated carbocycles. The highest BCUT2D eigenvalue weighted by molar-refractivity contribution is 5.83. The summed E-state index contributed by atoms with van der Waals surface area (Å²) in [5, 5.41) is 19.6. The van der Waals surface area contributed by atoms with Crippen LogP contribution in [0.3, 0.4) is 0 Å². The number of hydrogen-bond acceptors (Lipinski definition) is 4. The first-order valence-electron chi connectivity index (χ1n) is 7.11. The molecule has 7 nitrogen and oxygen atoms in total. The molecule has 1 aromatic heterocycles. The lowest BCUT2D eigenvalue weighted by molar-refractivity contribution is -0.142. The molecule has 114 valence electrons. The van der Waals surface area contributed by atoms with E-state index in [9.17, 15) is 9.59 Å². The Hall–Kier alpha value is -2.70. The van der Waals surface area contributed by atoms with Crippen LogP contribution in [0.25, 0.3) is 11.3 Å². The molecule has 22 heavy (non-hydrogen) atoms. The highest BCUT2D eigenvalue weighted by atomic mass is 16.4. The lowest BCUT2D eigenvalue weighted by Gasteiger charge is -2.13. The van der Waals surface area contributed by atoms with E-state index in [0.717, 1.165) is 18.4 Å². The van der Waals surface area contributed by atoms with E-state index in [1.165, 1.54) is 4.68 Å². The number of amides is 1. The smallest absolute Gasteiger partial charge is 0.326 e. The summed E-state index contributed by atoms with van der Waals surface area (Å²) in [6.07, 6.45) is 3.36. The lowest BCUT2D eigenvalue weighted by Crippen LogP contribution is -2.43. The van der Waals surface area contributed by atoms with Crippen molar-refractivity contribution in [2.24, 2.45) is 5.92 Å². The SMILES string of the molecule is O=C(Cn1cc(-c2ccccc2)nn1)NC(C(=O)O)C1CC1. The zero-order valence-corrected chi connectivity index (χ0v) is 11.8. The minimum absolute atomic E-state index is 0.0453. The minimum atomic E-state index is -0.987. The van der Waals surface area contributed by atoms with Crippen molar-refractivity contribution < 1.29 is 14.7 Å². The number of nitrogens with zero attached hydrogens (tertiary/aromatic N) is 3. The number of aliphatic carboxylic acids is 1. The van der Waals surface area contributed by atoms with Crippen LogP contribution >= 0.6 is 0 Å². The van der Waals surface area contributed by atoms with Crippen molar-refractivity contribution in [3.63, 3.8) is 0 Å². The summed E-state index contributed by atoms with van der Waals surface area (Å²) >= 11 is 0. The first-order valence-corrected chi connectivity index (χ1v) is 7.11. The Morgan fingerprint density at radius 2 is 2.05 bits per heavy atom. The molecule has 3 rings (SSSR count). The number of benzene rings is 1. The summed E-state index contributed by atoms with van der Waals surface area (Å²) in [7, 11) is 0. The molecule has 7 heteroatoms. The van der Waals surface area contributed by atoms with Gasteiger partial charge < -0.3 is 10.4 Å². The third-order valence-electron chi connectivity index (χ3n) is 3.59. The van der Waals surface area contributed by atoms with Crippen molar-refractivity contribution in [1.82, 2.24) is 20.3 Å². The largest absolute Gasteiger partial charge is 0.480 e. The van der Waals surface area contributed by atoms with Gasteiger partial charge in [-0.1, -0.05) is 35.5 Å². The average Bonchev–Trinajstić information content (AvgIpc) is 3.24. The maximum absolute atomic E-state index is 11.9. The van der Waals surface area contributed by atoms with Crippen LogP contribution in [0.1, 0.15) is 12.8 Å². The van der Waals surface area contributed by atoms with Crippen molar-refractivity contribution in [3.8, 4) is 11.3 Å². The predicted octanol–water partition coefficient (Wildman–Crippen LogP) is 0.924. The number of aromatic nitrogens is 3. The van der Waals surface area contributed by atoms with Gasteiger partial charge in [-0.15, -0.1) is 5.10 Å². The third kappa shape index (κ3) is 3.30. The highest BCUT2D eigenvalue weighted by Gasteiger charge is 2.37. The van der Waals surface area contributed by atoms with E-state index in [1.807, 2.05) is 30.3 Å². The van der Waals surface area contributed by atoms with E-state index in [-0.39, 0.29) is 18.4 Å². The zero-order chi connectivity index (χ0) is 15.5. The molecule has 0 aliphatic heterocycles. The van der Waals surface area contributed by atoms with E-state index >= 15 is 0 Å². The van der Waals surface area contributed by atoms with Gasteiger partial charge in [0, 0.05) is 5.56 Å². The summed E-state index contributed by atoms with van der Waals surface area (Å²) in [5.74, 6) is -1.31. The average molecular weight is 300 g/mol. The van der Waals surface area contributed by atoms with Crippen LogP contribution in [0.4, 0.5) is 0 Å². The number of carboxylic acid groups (broad SMARTS) is 1. The highest BCUT2D eigenvalue weighted by Crippen LogP contribution is 2.32. The number of rotatable bonds is 6. The van der Waals surface area contributed by atoms with Crippen LogP contribution in [0.15, 0.2) is 36.5 Å². The number of nitrogens with one attached hydrogen (secondary N) is 1. The molecular formula is C15H16N4O3. The molecule has 1 aromatic carbocycles. The first kappa shape index (κ1) is 14.2. The molecular weight excluding hydrogens is 284 g/mol. The lowest BCUT2D eigenvalue weighted by atomic mass is 10.2. The second-order valence-electron chi connectivity index (χ2n) is 5.39. The summed E-state index contributed by atoms with van der Waals surface area (Å²) in [5.41, 5.74) is 1.58. The Labute approximate surface area is 126 Å². The Morgan fingerprint density at radius 3 is 2.68 bits per heavy atom. The summed E-state index contributed by atoms with van der Waals surface area (Å²) < 4.78 is 1.41. The van der Waals surface area contributed by atoms with Gasteiger partial charge in [0.05, 0.1) is 6.20 Å². The second-order valence-corrected chi connectivity index (χ2v) is 5.39. The molecule has 1 amide bonds. The molecule has 2 aromatic rings. The monoisotopic (exact) mass is 300 g/mol. The number of carbonyl (C=O) groups excluding carboxylic acids is 1. The van der Waals surface area contributed by atoms with Crippen molar-refractivity contribution in [2.75, 3.05) is 0 Å². The van der Waals surface area contributed by atoms with Crippen molar-refractivity contribution in [2.45, 2.75) is 25.4 Å². The van der Waals surface area contributed by atoms with Gasteiger partial charge in [0.1, 0.15) is 18.3 Å².